The summed E-state index contributed by atoms with van der Waals surface area (Å²) in [7, 11) is 0. The largest absolute Gasteiger partial charge is 0.338 e. The number of benzene rings is 1. The molecule has 2 aliphatic rings. The van der Waals surface area contributed by atoms with Crippen LogP contribution in [0.4, 0.5) is 4.39 Å². The van der Waals surface area contributed by atoms with Gasteiger partial charge >= 0.3 is 0 Å². The lowest BCUT2D eigenvalue weighted by Gasteiger charge is -2.23. The van der Waals surface area contributed by atoms with Crippen molar-refractivity contribution in [3.63, 3.8) is 0 Å². The number of rotatable bonds is 3. The van der Waals surface area contributed by atoms with Gasteiger partial charge in [-0.25, -0.2) is 4.39 Å². The number of hydrogen-bond acceptors (Lipinski definition) is 3. The molecule has 1 aromatic heterocycles. The fourth-order valence-electron chi connectivity index (χ4n) is 3.89. The Balaban J connectivity index is 1.45. The Morgan fingerprint density at radius 3 is 2.84 bits per heavy atom. The third-order valence-corrected chi connectivity index (χ3v) is 5.96. The molecule has 4 rings (SSSR count). The quantitative estimate of drug-likeness (QED) is 0.846. The van der Waals surface area contributed by atoms with Gasteiger partial charge in [-0.15, -0.1) is 0 Å². The van der Waals surface area contributed by atoms with Crippen LogP contribution in [0.3, 0.4) is 0 Å². The topological polar surface area (TPSA) is 40.6 Å². The van der Waals surface area contributed by atoms with Crippen molar-refractivity contribution in [1.29, 1.82) is 0 Å². The van der Waals surface area contributed by atoms with Gasteiger partial charge in [0.2, 0.25) is 5.91 Å². The lowest BCUT2D eigenvalue weighted by atomic mass is 9.85. The van der Waals surface area contributed by atoms with Crippen LogP contribution in [0, 0.1) is 11.2 Å². The Morgan fingerprint density at radius 1 is 1.24 bits per heavy atom. The van der Waals surface area contributed by atoms with E-state index in [4.69, 9.17) is 0 Å². The Bertz CT molecular complexity index is 808. The first kappa shape index (κ1) is 16.3. The number of carbonyl (C=O) groups is 2. The highest BCUT2D eigenvalue weighted by molar-refractivity contribution is 7.08. The zero-order chi connectivity index (χ0) is 17.4. The highest BCUT2D eigenvalue weighted by atomic mass is 32.1. The number of amides is 2. The minimum atomic E-state index is -0.459. The summed E-state index contributed by atoms with van der Waals surface area (Å²) in [6.07, 6.45) is 1.47. The Kier molecular flexibility index (Phi) is 4.07. The summed E-state index contributed by atoms with van der Waals surface area (Å²) >= 11 is 1.50. The first-order chi connectivity index (χ1) is 12.1. The van der Waals surface area contributed by atoms with Gasteiger partial charge < -0.3 is 9.80 Å². The second-order valence-corrected chi connectivity index (χ2v) is 7.66. The molecule has 1 spiro atoms. The fraction of sp³-hybridized carbons (Fsp3) is 0.368. The van der Waals surface area contributed by atoms with Crippen molar-refractivity contribution in [2.75, 3.05) is 19.6 Å². The van der Waals surface area contributed by atoms with Crippen LogP contribution < -0.4 is 0 Å². The maximum Gasteiger partial charge on any atom is 0.254 e. The van der Waals surface area contributed by atoms with Crippen molar-refractivity contribution in [3.8, 4) is 0 Å². The monoisotopic (exact) mass is 358 g/mol. The van der Waals surface area contributed by atoms with Crippen LogP contribution in [-0.2, 0) is 11.3 Å². The fourth-order valence-corrected chi connectivity index (χ4v) is 4.52. The first-order valence-corrected chi connectivity index (χ1v) is 9.37. The Labute approximate surface area is 149 Å². The SMILES string of the molecule is O=C(c1ccsc1)N1CCC2(CCN(Cc3cccc(F)c3)C2=O)C1. The minimum absolute atomic E-state index is 0.00880. The van der Waals surface area contributed by atoms with E-state index in [2.05, 4.69) is 0 Å². The van der Waals surface area contributed by atoms with Crippen molar-refractivity contribution in [1.82, 2.24) is 9.80 Å². The van der Waals surface area contributed by atoms with Gasteiger partial charge in [-0.2, -0.15) is 11.3 Å². The number of thiophene rings is 1. The normalized spacial score (nSPS) is 23.0. The lowest BCUT2D eigenvalue weighted by molar-refractivity contribution is -0.135. The average Bonchev–Trinajstić information content (AvgIpc) is 3.33. The van der Waals surface area contributed by atoms with Gasteiger partial charge in [0, 0.05) is 31.6 Å². The van der Waals surface area contributed by atoms with Crippen LogP contribution >= 0.6 is 11.3 Å². The molecule has 130 valence electrons. The van der Waals surface area contributed by atoms with Crippen LogP contribution in [-0.4, -0.2) is 41.2 Å². The molecule has 0 bridgehead atoms. The molecular weight excluding hydrogens is 339 g/mol. The van der Waals surface area contributed by atoms with E-state index < -0.39 is 5.41 Å². The molecule has 1 unspecified atom stereocenters. The lowest BCUT2D eigenvalue weighted by Crippen LogP contribution is -2.38. The number of halogens is 1. The van der Waals surface area contributed by atoms with Gasteiger partial charge in [-0.05, 0) is 42.0 Å². The van der Waals surface area contributed by atoms with Crippen molar-refractivity contribution < 1.29 is 14.0 Å². The van der Waals surface area contributed by atoms with Crippen LogP contribution in [0.2, 0.25) is 0 Å². The highest BCUT2D eigenvalue weighted by Gasteiger charge is 2.51. The van der Waals surface area contributed by atoms with Gasteiger partial charge in [0.05, 0.1) is 11.0 Å². The molecule has 2 aliphatic heterocycles. The van der Waals surface area contributed by atoms with Gasteiger partial charge in [0.25, 0.3) is 5.91 Å². The van der Waals surface area contributed by atoms with E-state index in [1.807, 2.05) is 22.9 Å². The molecule has 4 nitrogen and oxygen atoms in total. The smallest absolute Gasteiger partial charge is 0.254 e. The standard InChI is InChI=1S/C19H19FN2O2S/c20-16-3-1-2-14(10-16)11-21-7-5-19(18(21)24)6-8-22(13-19)17(23)15-4-9-25-12-15/h1-4,9-10,12H,5-8,11,13H2. The van der Waals surface area contributed by atoms with E-state index in [9.17, 15) is 14.0 Å². The zero-order valence-electron chi connectivity index (χ0n) is 13.8. The second-order valence-electron chi connectivity index (χ2n) is 6.88. The van der Waals surface area contributed by atoms with Crippen LogP contribution in [0.25, 0.3) is 0 Å². The molecule has 1 atom stereocenters. The third kappa shape index (κ3) is 2.95. The molecular formula is C19H19FN2O2S. The summed E-state index contributed by atoms with van der Waals surface area (Å²) < 4.78 is 13.4. The molecule has 1 aromatic carbocycles. The van der Waals surface area contributed by atoms with Crippen molar-refractivity contribution in [2.45, 2.75) is 19.4 Å². The second kappa shape index (κ2) is 6.26. The maximum absolute atomic E-state index is 13.4. The van der Waals surface area contributed by atoms with E-state index in [0.29, 0.717) is 38.2 Å². The van der Waals surface area contributed by atoms with Gasteiger partial charge in [-0.1, -0.05) is 12.1 Å². The average molecular weight is 358 g/mol. The van der Waals surface area contributed by atoms with Crippen molar-refractivity contribution in [2.24, 2.45) is 5.41 Å². The predicted molar refractivity (Wildman–Crippen MR) is 93.7 cm³/mol. The molecule has 2 amide bonds. The van der Waals surface area contributed by atoms with Crippen LogP contribution in [0.5, 0.6) is 0 Å². The molecule has 0 N–H and O–H groups in total. The third-order valence-electron chi connectivity index (χ3n) is 5.27. The van der Waals surface area contributed by atoms with Crippen molar-refractivity contribution >= 4 is 23.2 Å². The number of likely N-dealkylation sites (tertiary alicyclic amines) is 2. The van der Waals surface area contributed by atoms with Crippen LogP contribution in [0.1, 0.15) is 28.8 Å². The summed E-state index contributed by atoms with van der Waals surface area (Å²) in [5.41, 5.74) is 1.04. The molecule has 0 aliphatic carbocycles. The zero-order valence-corrected chi connectivity index (χ0v) is 14.6. The van der Waals surface area contributed by atoms with E-state index in [1.165, 1.54) is 23.5 Å². The van der Waals surface area contributed by atoms with E-state index in [1.54, 1.807) is 15.9 Å². The maximum atomic E-state index is 13.4. The predicted octanol–water partition coefficient (Wildman–Crippen LogP) is 3.15. The summed E-state index contributed by atoms with van der Waals surface area (Å²) in [5.74, 6) is -0.181. The van der Waals surface area contributed by atoms with Crippen LogP contribution in [0.15, 0.2) is 41.1 Å². The first-order valence-electron chi connectivity index (χ1n) is 8.43. The molecule has 0 saturated carbocycles. The van der Waals surface area contributed by atoms with E-state index >= 15 is 0 Å². The number of nitrogens with zero attached hydrogens (tertiary/aromatic N) is 2. The molecule has 2 fully saturated rings. The summed E-state index contributed by atoms with van der Waals surface area (Å²) in [4.78, 5) is 29.1. The molecule has 2 saturated heterocycles. The molecule has 3 heterocycles. The summed E-state index contributed by atoms with van der Waals surface area (Å²) in [6.45, 7) is 2.20. The Morgan fingerprint density at radius 2 is 2.08 bits per heavy atom. The number of hydrogen-bond donors (Lipinski definition) is 0. The van der Waals surface area contributed by atoms with Crippen molar-refractivity contribution in [3.05, 3.63) is 58.0 Å². The molecule has 25 heavy (non-hydrogen) atoms. The van der Waals surface area contributed by atoms with Gasteiger partial charge in [0.15, 0.2) is 0 Å². The number of carbonyl (C=O) groups excluding carboxylic acids is 2. The van der Waals surface area contributed by atoms with E-state index in [-0.39, 0.29) is 17.6 Å². The summed E-state index contributed by atoms with van der Waals surface area (Å²) in [6, 6.07) is 8.20. The summed E-state index contributed by atoms with van der Waals surface area (Å²) in [5, 5.41) is 3.74. The van der Waals surface area contributed by atoms with Gasteiger partial charge in [0.1, 0.15) is 5.82 Å². The molecule has 0 radical (unpaired) electrons. The van der Waals surface area contributed by atoms with E-state index in [0.717, 1.165) is 12.0 Å². The minimum Gasteiger partial charge on any atom is -0.338 e. The Hall–Kier alpha value is -2.21. The molecule has 6 heteroatoms. The molecule has 2 aromatic rings. The van der Waals surface area contributed by atoms with Gasteiger partial charge in [-0.3, -0.25) is 9.59 Å². The highest BCUT2D eigenvalue weighted by Crippen LogP contribution is 2.41.